The molecule has 0 unspecified atom stereocenters. The van der Waals surface area contributed by atoms with Crippen LogP contribution in [0, 0.1) is 20.8 Å². The Bertz CT molecular complexity index is 465. The molecule has 0 N–H and O–H groups in total. The Hall–Kier alpha value is -1.22. The Morgan fingerprint density at radius 2 is 1.58 bits per heavy atom. The summed E-state index contributed by atoms with van der Waals surface area (Å²) < 4.78 is 57.2. The zero-order valence-electron chi connectivity index (χ0n) is 10.9. The third kappa shape index (κ3) is 6.48. The van der Waals surface area contributed by atoms with Crippen molar-refractivity contribution < 1.29 is 25.8 Å². The van der Waals surface area contributed by atoms with Gasteiger partial charge in [0, 0.05) is 11.4 Å². The quantitative estimate of drug-likeness (QED) is 0.619. The lowest BCUT2D eigenvalue weighted by Gasteiger charge is -2.05. The molecule has 0 aliphatic heterocycles. The second-order valence-electron chi connectivity index (χ2n) is 3.50. The van der Waals surface area contributed by atoms with E-state index in [2.05, 4.69) is 14.2 Å². The van der Waals surface area contributed by atoms with Crippen molar-refractivity contribution in [1.82, 2.24) is 9.97 Å². The SMILES string of the molecule is CCOS(=O)(=O)C(F)(F)F.Cc1cc(C)nc(C)n1. The fourth-order valence-corrected chi connectivity index (χ4v) is 1.57. The molecule has 0 aliphatic carbocycles. The van der Waals surface area contributed by atoms with E-state index in [1.165, 1.54) is 0 Å². The average molecular weight is 300 g/mol. The van der Waals surface area contributed by atoms with Crippen LogP contribution in [0.1, 0.15) is 24.1 Å². The summed E-state index contributed by atoms with van der Waals surface area (Å²) in [6, 6.07) is 1.97. The third-order valence-corrected chi connectivity index (χ3v) is 2.76. The molecule has 9 heteroatoms. The van der Waals surface area contributed by atoms with E-state index in [4.69, 9.17) is 0 Å². The van der Waals surface area contributed by atoms with Gasteiger partial charge in [-0.25, -0.2) is 9.97 Å². The normalized spacial score (nSPS) is 11.7. The van der Waals surface area contributed by atoms with E-state index in [1.807, 2.05) is 26.8 Å². The fraction of sp³-hybridized carbons (Fsp3) is 0.600. The summed E-state index contributed by atoms with van der Waals surface area (Å²) in [7, 11) is -5.35. The summed E-state index contributed by atoms with van der Waals surface area (Å²) in [6.07, 6.45) is 0. The maximum absolute atomic E-state index is 11.3. The molecule has 0 bridgehead atoms. The van der Waals surface area contributed by atoms with Crippen molar-refractivity contribution in [2.24, 2.45) is 0 Å². The highest BCUT2D eigenvalue weighted by Crippen LogP contribution is 2.24. The maximum atomic E-state index is 11.3. The van der Waals surface area contributed by atoms with Crippen molar-refractivity contribution in [2.75, 3.05) is 6.61 Å². The second kappa shape index (κ2) is 6.80. The van der Waals surface area contributed by atoms with Crippen LogP contribution in [0.2, 0.25) is 0 Å². The summed E-state index contributed by atoms with van der Waals surface area (Å²) in [5.41, 5.74) is -3.22. The van der Waals surface area contributed by atoms with Gasteiger partial charge in [-0.1, -0.05) is 0 Å². The first-order valence-corrected chi connectivity index (χ1v) is 6.65. The Balaban J connectivity index is 0.000000342. The van der Waals surface area contributed by atoms with Gasteiger partial charge in [0.05, 0.1) is 6.61 Å². The Morgan fingerprint density at radius 1 is 1.16 bits per heavy atom. The molecule has 0 radical (unpaired) electrons. The van der Waals surface area contributed by atoms with Gasteiger partial charge in [0.25, 0.3) is 0 Å². The van der Waals surface area contributed by atoms with Gasteiger partial charge in [0.15, 0.2) is 0 Å². The van der Waals surface area contributed by atoms with Crippen molar-refractivity contribution in [1.29, 1.82) is 0 Å². The van der Waals surface area contributed by atoms with Crippen LogP contribution in [0.5, 0.6) is 0 Å². The van der Waals surface area contributed by atoms with Gasteiger partial charge in [-0.2, -0.15) is 21.6 Å². The third-order valence-electron chi connectivity index (χ3n) is 1.65. The van der Waals surface area contributed by atoms with Crippen molar-refractivity contribution in [3.63, 3.8) is 0 Å². The fourth-order valence-electron chi connectivity index (χ4n) is 1.12. The molecule has 0 atom stereocenters. The predicted molar refractivity (Wildman–Crippen MR) is 62.8 cm³/mol. The Kier molecular flexibility index (Phi) is 6.37. The Morgan fingerprint density at radius 3 is 1.79 bits per heavy atom. The molecule has 19 heavy (non-hydrogen) atoms. The zero-order valence-corrected chi connectivity index (χ0v) is 11.8. The summed E-state index contributed by atoms with van der Waals surface area (Å²) in [5.74, 6) is 0.854. The number of alkyl halides is 3. The van der Waals surface area contributed by atoms with Crippen LogP contribution in [-0.4, -0.2) is 30.5 Å². The van der Waals surface area contributed by atoms with E-state index in [0.29, 0.717) is 0 Å². The van der Waals surface area contributed by atoms with E-state index >= 15 is 0 Å². The zero-order chi connectivity index (χ0) is 15.3. The molecule has 0 saturated carbocycles. The number of hydrogen-bond donors (Lipinski definition) is 0. The lowest BCUT2D eigenvalue weighted by molar-refractivity contribution is -0.0539. The number of halogens is 3. The van der Waals surface area contributed by atoms with Crippen LogP contribution in [0.25, 0.3) is 0 Å². The smallest absolute Gasteiger partial charge is 0.263 e. The first-order valence-electron chi connectivity index (χ1n) is 5.24. The van der Waals surface area contributed by atoms with Crippen LogP contribution < -0.4 is 0 Å². The number of nitrogens with zero attached hydrogens (tertiary/aromatic N) is 2. The van der Waals surface area contributed by atoms with E-state index in [1.54, 1.807) is 0 Å². The van der Waals surface area contributed by atoms with Crippen LogP contribution in [0.15, 0.2) is 6.07 Å². The van der Waals surface area contributed by atoms with Gasteiger partial charge in [-0.3, -0.25) is 4.18 Å². The van der Waals surface area contributed by atoms with Gasteiger partial charge in [-0.05, 0) is 33.8 Å². The maximum Gasteiger partial charge on any atom is 0.523 e. The molecular weight excluding hydrogens is 285 g/mol. The van der Waals surface area contributed by atoms with Gasteiger partial charge in [0.1, 0.15) is 5.82 Å². The highest BCUT2D eigenvalue weighted by molar-refractivity contribution is 7.87. The van der Waals surface area contributed by atoms with Crippen LogP contribution >= 0.6 is 0 Å². The molecule has 1 rings (SSSR count). The van der Waals surface area contributed by atoms with Crippen molar-refractivity contribution in [3.05, 3.63) is 23.3 Å². The topological polar surface area (TPSA) is 69.2 Å². The highest BCUT2D eigenvalue weighted by atomic mass is 32.2. The molecule has 1 aromatic rings. The molecule has 110 valence electrons. The number of aryl methyl sites for hydroxylation is 3. The minimum absolute atomic E-state index is 0.512. The van der Waals surface area contributed by atoms with E-state index < -0.39 is 22.2 Å². The monoisotopic (exact) mass is 300 g/mol. The molecule has 1 aromatic heterocycles. The minimum Gasteiger partial charge on any atom is -0.263 e. The molecule has 1 heterocycles. The number of hydrogen-bond acceptors (Lipinski definition) is 5. The molecule has 0 fully saturated rings. The standard InChI is InChI=1S/C7H10N2.C3H5F3O3S/c1-5-4-6(2)9-7(3)8-5;1-2-9-10(7,8)3(4,5)6/h4H,1-3H3;2H2,1H3. The molecule has 0 amide bonds. The van der Waals surface area contributed by atoms with E-state index in [9.17, 15) is 21.6 Å². The van der Waals surface area contributed by atoms with Crippen molar-refractivity contribution >= 4 is 10.1 Å². The highest BCUT2D eigenvalue weighted by Gasteiger charge is 2.46. The van der Waals surface area contributed by atoms with Gasteiger partial charge >= 0.3 is 15.6 Å². The van der Waals surface area contributed by atoms with Crippen LogP contribution in [-0.2, 0) is 14.3 Å². The van der Waals surface area contributed by atoms with Gasteiger partial charge in [-0.15, -0.1) is 0 Å². The lowest BCUT2D eigenvalue weighted by Crippen LogP contribution is -2.25. The average Bonchev–Trinajstić information content (AvgIpc) is 2.13. The van der Waals surface area contributed by atoms with Crippen LogP contribution in [0.4, 0.5) is 13.2 Å². The first kappa shape index (κ1) is 17.8. The molecule has 0 saturated heterocycles. The first-order chi connectivity index (χ1) is 8.49. The number of aromatic nitrogens is 2. The van der Waals surface area contributed by atoms with E-state index in [0.717, 1.165) is 24.1 Å². The molecule has 0 spiro atoms. The molecule has 5 nitrogen and oxygen atoms in total. The minimum atomic E-state index is -5.35. The van der Waals surface area contributed by atoms with E-state index in [-0.39, 0.29) is 0 Å². The van der Waals surface area contributed by atoms with Gasteiger partial charge in [0.2, 0.25) is 0 Å². The van der Waals surface area contributed by atoms with Gasteiger partial charge < -0.3 is 0 Å². The molecule has 0 aliphatic rings. The molecular formula is C10H15F3N2O3S. The largest absolute Gasteiger partial charge is 0.523 e. The molecule has 0 aromatic carbocycles. The summed E-state index contributed by atoms with van der Waals surface area (Å²) in [4.78, 5) is 8.25. The summed E-state index contributed by atoms with van der Waals surface area (Å²) in [5, 5.41) is 0. The second-order valence-corrected chi connectivity index (χ2v) is 5.11. The van der Waals surface area contributed by atoms with Crippen LogP contribution in [0.3, 0.4) is 0 Å². The number of rotatable bonds is 2. The predicted octanol–water partition coefficient (Wildman–Crippen LogP) is 2.27. The lowest BCUT2D eigenvalue weighted by atomic mass is 10.3. The van der Waals surface area contributed by atoms with Crippen molar-refractivity contribution in [2.45, 2.75) is 33.2 Å². The Labute approximate surface area is 110 Å². The summed E-state index contributed by atoms with van der Waals surface area (Å²) in [6.45, 7) is 6.49. The van der Waals surface area contributed by atoms with Crippen molar-refractivity contribution in [3.8, 4) is 0 Å². The summed E-state index contributed by atoms with van der Waals surface area (Å²) >= 11 is 0.